The van der Waals surface area contributed by atoms with Crippen LogP contribution in [-0.4, -0.2) is 24.8 Å². The van der Waals surface area contributed by atoms with Crippen molar-refractivity contribution in [1.82, 2.24) is 5.32 Å². The molecule has 1 unspecified atom stereocenters. The first kappa shape index (κ1) is 16.8. The third-order valence-electron chi connectivity index (χ3n) is 3.40. The lowest BCUT2D eigenvalue weighted by atomic mass is 9.96. The molecular formula is C17H19FN2O3. The van der Waals surface area contributed by atoms with Gasteiger partial charge in [0.15, 0.2) is 0 Å². The van der Waals surface area contributed by atoms with Crippen LogP contribution in [0.4, 0.5) is 14.9 Å². The monoisotopic (exact) mass is 318 g/mol. The Balaban J connectivity index is 1.98. The van der Waals surface area contributed by atoms with Crippen LogP contribution in [0.2, 0.25) is 0 Å². The highest BCUT2D eigenvalue weighted by Crippen LogP contribution is 2.25. The van der Waals surface area contributed by atoms with E-state index in [0.717, 1.165) is 0 Å². The van der Waals surface area contributed by atoms with Crippen LogP contribution in [0.25, 0.3) is 0 Å². The standard InChI is InChI=1S/C17H19FN2O3/c1-17(22,12-6-4-3-5-7-12)11-19-16(21)20-14-9-8-13(18)10-15(14)23-2/h3-10,22H,11H2,1-2H3,(H2,19,20,21). The number of urea groups is 1. The highest BCUT2D eigenvalue weighted by atomic mass is 19.1. The summed E-state index contributed by atoms with van der Waals surface area (Å²) in [7, 11) is 1.39. The lowest BCUT2D eigenvalue weighted by Gasteiger charge is -2.24. The molecule has 2 aromatic rings. The van der Waals surface area contributed by atoms with E-state index >= 15 is 0 Å². The molecule has 0 aromatic heterocycles. The van der Waals surface area contributed by atoms with Crippen molar-refractivity contribution in [1.29, 1.82) is 0 Å². The second-order valence-corrected chi connectivity index (χ2v) is 5.29. The fourth-order valence-corrected chi connectivity index (χ4v) is 2.09. The van der Waals surface area contributed by atoms with E-state index in [4.69, 9.17) is 4.74 Å². The minimum absolute atomic E-state index is 0.0202. The van der Waals surface area contributed by atoms with E-state index in [2.05, 4.69) is 10.6 Å². The lowest BCUT2D eigenvalue weighted by Crippen LogP contribution is -2.40. The maximum atomic E-state index is 13.1. The van der Waals surface area contributed by atoms with Gasteiger partial charge in [-0.2, -0.15) is 0 Å². The van der Waals surface area contributed by atoms with Crippen LogP contribution < -0.4 is 15.4 Å². The van der Waals surface area contributed by atoms with Gasteiger partial charge in [-0.15, -0.1) is 0 Å². The van der Waals surface area contributed by atoms with Gasteiger partial charge < -0.3 is 20.5 Å². The smallest absolute Gasteiger partial charge is 0.319 e. The molecule has 2 aromatic carbocycles. The zero-order chi connectivity index (χ0) is 16.9. The molecule has 0 bridgehead atoms. The van der Waals surface area contributed by atoms with Gasteiger partial charge in [-0.3, -0.25) is 0 Å². The number of aliphatic hydroxyl groups is 1. The van der Waals surface area contributed by atoms with Crippen molar-refractivity contribution in [3.05, 3.63) is 59.9 Å². The molecule has 0 aliphatic heterocycles. The number of ether oxygens (including phenoxy) is 1. The van der Waals surface area contributed by atoms with E-state index in [1.165, 1.54) is 25.3 Å². The maximum absolute atomic E-state index is 13.1. The Kier molecular flexibility index (Phi) is 5.18. The van der Waals surface area contributed by atoms with E-state index in [9.17, 15) is 14.3 Å². The number of methoxy groups -OCH3 is 1. The fourth-order valence-electron chi connectivity index (χ4n) is 2.09. The van der Waals surface area contributed by atoms with Crippen LogP contribution in [0.15, 0.2) is 48.5 Å². The SMILES string of the molecule is COc1cc(F)ccc1NC(=O)NCC(C)(O)c1ccccc1. The van der Waals surface area contributed by atoms with E-state index < -0.39 is 17.4 Å². The quantitative estimate of drug-likeness (QED) is 0.794. The molecule has 23 heavy (non-hydrogen) atoms. The number of amides is 2. The van der Waals surface area contributed by atoms with Crippen LogP contribution in [0.1, 0.15) is 12.5 Å². The van der Waals surface area contributed by atoms with Gasteiger partial charge in [-0.1, -0.05) is 30.3 Å². The van der Waals surface area contributed by atoms with Gasteiger partial charge in [0.2, 0.25) is 0 Å². The molecule has 3 N–H and O–H groups in total. The number of benzene rings is 2. The molecule has 0 saturated heterocycles. The number of rotatable bonds is 5. The summed E-state index contributed by atoms with van der Waals surface area (Å²) in [5.74, 6) is -0.241. The topological polar surface area (TPSA) is 70.6 Å². The number of carbonyl (C=O) groups is 1. The molecule has 0 aliphatic rings. The molecule has 122 valence electrons. The molecule has 0 aliphatic carbocycles. The van der Waals surface area contributed by atoms with E-state index in [0.29, 0.717) is 11.3 Å². The lowest BCUT2D eigenvalue weighted by molar-refractivity contribution is 0.0599. The summed E-state index contributed by atoms with van der Waals surface area (Å²) >= 11 is 0. The molecule has 5 nitrogen and oxygen atoms in total. The van der Waals surface area contributed by atoms with Crippen molar-refractivity contribution in [2.75, 3.05) is 19.0 Å². The maximum Gasteiger partial charge on any atom is 0.319 e. The fraction of sp³-hybridized carbons (Fsp3) is 0.235. The minimum Gasteiger partial charge on any atom is -0.494 e. The number of nitrogens with one attached hydrogen (secondary N) is 2. The summed E-state index contributed by atoms with van der Waals surface area (Å²) in [4.78, 5) is 12.0. The first-order valence-electron chi connectivity index (χ1n) is 7.08. The van der Waals surface area contributed by atoms with Gasteiger partial charge in [0.25, 0.3) is 0 Å². The Morgan fingerprint density at radius 1 is 1.26 bits per heavy atom. The molecule has 0 radical (unpaired) electrons. The van der Waals surface area contributed by atoms with Crippen LogP contribution in [-0.2, 0) is 5.60 Å². The van der Waals surface area contributed by atoms with Crippen molar-refractivity contribution in [2.45, 2.75) is 12.5 Å². The van der Waals surface area contributed by atoms with Crippen molar-refractivity contribution in [2.24, 2.45) is 0 Å². The van der Waals surface area contributed by atoms with Gasteiger partial charge >= 0.3 is 6.03 Å². The molecule has 0 heterocycles. The Morgan fingerprint density at radius 2 is 1.96 bits per heavy atom. The Labute approximate surface area is 134 Å². The first-order valence-corrected chi connectivity index (χ1v) is 7.08. The summed E-state index contributed by atoms with van der Waals surface area (Å²) in [5, 5.41) is 15.6. The van der Waals surface area contributed by atoms with Crippen LogP contribution in [0.3, 0.4) is 0 Å². The summed E-state index contributed by atoms with van der Waals surface area (Å²) in [6, 6.07) is 12.3. The second kappa shape index (κ2) is 7.11. The van der Waals surface area contributed by atoms with Gasteiger partial charge in [-0.25, -0.2) is 9.18 Å². The highest BCUT2D eigenvalue weighted by Gasteiger charge is 2.23. The highest BCUT2D eigenvalue weighted by molar-refractivity contribution is 5.90. The van der Waals surface area contributed by atoms with Crippen molar-refractivity contribution in [3.8, 4) is 5.75 Å². The average Bonchev–Trinajstić information content (AvgIpc) is 2.55. The molecule has 0 fully saturated rings. The first-order chi connectivity index (χ1) is 10.9. The largest absolute Gasteiger partial charge is 0.494 e. The van der Waals surface area contributed by atoms with Gasteiger partial charge in [-0.05, 0) is 24.6 Å². The number of anilines is 1. The van der Waals surface area contributed by atoms with Gasteiger partial charge in [0.05, 0.1) is 19.3 Å². The Bertz CT molecular complexity index is 675. The predicted octanol–water partition coefficient (Wildman–Crippen LogP) is 2.86. The molecule has 1 atom stereocenters. The number of halogens is 1. The number of carbonyl (C=O) groups excluding carboxylic acids is 1. The molecule has 0 spiro atoms. The zero-order valence-electron chi connectivity index (χ0n) is 13.0. The number of hydrogen-bond donors (Lipinski definition) is 3. The molecule has 2 rings (SSSR count). The minimum atomic E-state index is -1.20. The van der Waals surface area contributed by atoms with Crippen molar-refractivity contribution < 1.29 is 19.0 Å². The molecule has 2 amide bonds. The normalized spacial score (nSPS) is 13.0. The predicted molar refractivity (Wildman–Crippen MR) is 86.0 cm³/mol. The van der Waals surface area contributed by atoms with Gasteiger partial charge in [0, 0.05) is 6.07 Å². The van der Waals surface area contributed by atoms with Crippen LogP contribution in [0.5, 0.6) is 5.75 Å². The van der Waals surface area contributed by atoms with Crippen molar-refractivity contribution >= 4 is 11.7 Å². The summed E-state index contributed by atoms with van der Waals surface area (Å²) in [5.41, 5.74) is -0.170. The second-order valence-electron chi connectivity index (χ2n) is 5.29. The van der Waals surface area contributed by atoms with E-state index in [1.54, 1.807) is 19.1 Å². The number of hydrogen-bond acceptors (Lipinski definition) is 3. The van der Waals surface area contributed by atoms with Crippen molar-refractivity contribution in [3.63, 3.8) is 0 Å². The Hall–Kier alpha value is -2.60. The third kappa shape index (κ3) is 4.43. The molecular weight excluding hydrogens is 299 g/mol. The summed E-state index contributed by atoms with van der Waals surface area (Å²) < 4.78 is 18.1. The summed E-state index contributed by atoms with van der Waals surface area (Å²) in [6.45, 7) is 1.63. The van der Waals surface area contributed by atoms with E-state index in [1.807, 2.05) is 18.2 Å². The third-order valence-corrected chi connectivity index (χ3v) is 3.40. The van der Waals surface area contributed by atoms with Crippen LogP contribution >= 0.6 is 0 Å². The van der Waals surface area contributed by atoms with Crippen LogP contribution in [0, 0.1) is 5.82 Å². The van der Waals surface area contributed by atoms with Gasteiger partial charge in [0.1, 0.15) is 17.2 Å². The summed E-state index contributed by atoms with van der Waals surface area (Å²) in [6.07, 6.45) is 0. The molecule has 0 saturated carbocycles. The van der Waals surface area contributed by atoms with E-state index in [-0.39, 0.29) is 12.3 Å². The molecule has 6 heteroatoms. The zero-order valence-corrected chi connectivity index (χ0v) is 13.0. The Morgan fingerprint density at radius 3 is 2.61 bits per heavy atom. The average molecular weight is 318 g/mol.